The Morgan fingerprint density at radius 2 is 1.47 bits per heavy atom. The molecule has 2 aromatic carbocycles. The standard InChI is InChI=1S/C27H41O2P/c1-8-11-13-21-15-19(4)16-24(27(21)29-30-7)25-18-23(20(5)10-3)17-22(14-12-9-2)26(25)28-6/h15-18,20,30H,8-14H2,1-7H3. The smallest absolute Gasteiger partial charge is 0.134 e. The molecule has 2 nitrogen and oxygen atoms in total. The summed E-state index contributed by atoms with van der Waals surface area (Å²) in [5.74, 6) is 2.60. The van der Waals surface area contributed by atoms with Crippen LogP contribution in [-0.2, 0) is 12.8 Å². The maximum atomic E-state index is 6.29. The molecule has 0 aromatic heterocycles. The molecule has 0 N–H and O–H groups in total. The van der Waals surface area contributed by atoms with Gasteiger partial charge in [0.25, 0.3) is 0 Å². The summed E-state index contributed by atoms with van der Waals surface area (Å²) in [6, 6.07) is 9.32. The molecule has 3 heteroatoms. The Bertz CT molecular complexity index is 813. The zero-order chi connectivity index (χ0) is 22.1. The van der Waals surface area contributed by atoms with Gasteiger partial charge in [0.15, 0.2) is 0 Å². The monoisotopic (exact) mass is 428 g/mol. The molecule has 0 bridgehead atoms. The summed E-state index contributed by atoms with van der Waals surface area (Å²) in [5, 5.41) is 0. The number of hydrogen-bond acceptors (Lipinski definition) is 2. The molecule has 2 unspecified atom stereocenters. The van der Waals surface area contributed by atoms with Crippen LogP contribution in [0.25, 0.3) is 11.1 Å². The van der Waals surface area contributed by atoms with E-state index in [2.05, 4.69) is 65.5 Å². The van der Waals surface area contributed by atoms with Gasteiger partial charge in [0.2, 0.25) is 0 Å². The van der Waals surface area contributed by atoms with E-state index in [-0.39, 0.29) is 0 Å². The highest BCUT2D eigenvalue weighted by atomic mass is 31.1. The van der Waals surface area contributed by atoms with Crippen molar-refractivity contribution in [2.75, 3.05) is 13.8 Å². The van der Waals surface area contributed by atoms with Crippen LogP contribution in [0.15, 0.2) is 24.3 Å². The summed E-state index contributed by atoms with van der Waals surface area (Å²) < 4.78 is 12.3. The van der Waals surface area contributed by atoms with Gasteiger partial charge in [0.1, 0.15) is 11.5 Å². The van der Waals surface area contributed by atoms with Crippen molar-refractivity contribution in [2.24, 2.45) is 0 Å². The molecule has 0 heterocycles. The number of methoxy groups -OCH3 is 1. The van der Waals surface area contributed by atoms with Gasteiger partial charge in [-0.25, -0.2) is 0 Å². The van der Waals surface area contributed by atoms with Crippen LogP contribution in [0.4, 0.5) is 0 Å². The predicted molar refractivity (Wildman–Crippen MR) is 134 cm³/mol. The summed E-state index contributed by atoms with van der Waals surface area (Å²) in [6.07, 6.45) is 7.97. The molecule has 0 saturated heterocycles. The quantitative estimate of drug-likeness (QED) is 0.316. The first-order valence-corrected chi connectivity index (χ1v) is 13.1. The minimum absolute atomic E-state index is 0.422. The first-order chi connectivity index (χ1) is 14.5. The highest BCUT2D eigenvalue weighted by Gasteiger charge is 2.20. The van der Waals surface area contributed by atoms with Gasteiger partial charge in [-0.3, -0.25) is 0 Å². The molecule has 0 spiro atoms. The lowest BCUT2D eigenvalue weighted by Crippen LogP contribution is -2.02. The lowest BCUT2D eigenvalue weighted by Gasteiger charge is -2.22. The summed E-state index contributed by atoms with van der Waals surface area (Å²) in [7, 11) is 2.23. The maximum Gasteiger partial charge on any atom is 0.134 e. The molecular formula is C27H41O2P. The van der Waals surface area contributed by atoms with Crippen LogP contribution in [0.2, 0.25) is 0 Å². The average molecular weight is 429 g/mol. The Morgan fingerprint density at radius 3 is 2.00 bits per heavy atom. The molecule has 0 aliphatic rings. The molecule has 2 atom stereocenters. The second-order valence-electron chi connectivity index (χ2n) is 8.38. The Morgan fingerprint density at radius 1 is 0.867 bits per heavy atom. The van der Waals surface area contributed by atoms with Gasteiger partial charge in [0.05, 0.1) is 15.9 Å². The minimum atomic E-state index is 0.422. The highest BCUT2D eigenvalue weighted by Crippen LogP contribution is 2.44. The van der Waals surface area contributed by atoms with Crippen LogP contribution in [0.5, 0.6) is 11.5 Å². The van der Waals surface area contributed by atoms with Crippen LogP contribution < -0.4 is 9.26 Å². The van der Waals surface area contributed by atoms with Crippen molar-refractivity contribution in [1.82, 2.24) is 0 Å². The maximum absolute atomic E-state index is 6.29. The fraction of sp³-hybridized carbons (Fsp3) is 0.556. The number of rotatable bonds is 12. The normalized spacial score (nSPS) is 12.5. The van der Waals surface area contributed by atoms with Crippen LogP contribution >= 0.6 is 8.81 Å². The molecule has 0 aliphatic heterocycles. The van der Waals surface area contributed by atoms with Gasteiger partial charge in [-0.1, -0.05) is 52.7 Å². The van der Waals surface area contributed by atoms with Gasteiger partial charge in [0, 0.05) is 11.1 Å². The van der Waals surface area contributed by atoms with Crippen LogP contribution in [0.1, 0.15) is 88.0 Å². The highest BCUT2D eigenvalue weighted by molar-refractivity contribution is 7.31. The van der Waals surface area contributed by atoms with E-state index < -0.39 is 0 Å². The Kier molecular flexibility index (Phi) is 10.2. The molecule has 0 fully saturated rings. The van der Waals surface area contributed by atoms with Gasteiger partial charge in [-0.05, 0) is 86.0 Å². The number of aryl methyl sites for hydroxylation is 3. The Balaban J connectivity index is 2.77. The average Bonchev–Trinajstić information content (AvgIpc) is 2.76. The van der Waals surface area contributed by atoms with Gasteiger partial charge >= 0.3 is 0 Å². The predicted octanol–water partition coefficient (Wildman–Crippen LogP) is 8.47. The largest absolute Gasteiger partial charge is 0.496 e. The molecule has 0 saturated carbocycles. The summed E-state index contributed by atoms with van der Waals surface area (Å²) >= 11 is 0. The SMILES string of the molecule is CCCCc1cc(C(C)CC)cc(-c2cc(C)cc(CCCC)c2OPC)c1OC. The fourth-order valence-corrected chi connectivity index (χ4v) is 4.50. The van der Waals surface area contributed by atoms with Crippen LogP contribution in [0, 0.1) is 6.92 Å². The van der Waals surface area contributed by atoms with Gasteiger partial charge in [-0.2, -0.15) is 0 Å². The zero-order valence-electron chi connectivity index (χ0n) is 20.2. The van der Waals surface area contributed by atoms with E-state index >= 15 is 0 Å². The van der Waals surface area contributed by atoms with Crippen molar-refractivity contribution in [3.63, 3.8) is 0 Å². The molecule has 2 rings (SSSR count). The van der Waals surface area contributed by atoms with Crippen molar-refractivity contribution in [1.29, 1.82) is 0 Å². The van der Waals surface area contributed by atoms with Crippen molar-refractivity contribution in [3.8, 4) is 22.6 Å². The first kappa shape index (κ1) is 24.7. The van der Waals surface area contributed by atoms with E-state index in [1.807, 2.05) is 7.11 Å². The number of benzene rings is 2. The summed E-state index contributed by atoms with van der Waals surface area (Å²) in [6.45, 7) is 13.4. The Hall–Kier alpha value is -1.53. The van der Waals surface area contributed by atoms with Gasteiger partial charge in [-0.15, -0.1) is 0 Å². The lowest BCUT2D eigenvalue weighted by molar-refractivity contribution is 0.410. The second kappa shape index (κ2) is 12.4. The van der Waals surface area contributed by atoms with Crippen LogP contribution in [0.3, 0.4) is 0 Å². The third kappa shape index (κ3) is 6.01. The van der Waals surface area contributed by atoms with Gasteiger partial charge < -0.3 is 9.26 Å². The van der Waals surface area contributed by atoms with E-state index in [1.165, 1.54) is 59.1 Å². The third-order valence-corrected chi connectivity index (χ3v) is 6.39. The molecule has 0 aliphatic carbocycles. The number of ether oxygens (including phenoxy) is 1. The van der Waals surface area contributed by atoms with E-state index in [0.29, 0.717) is 14.7 Å². The van der Waals surface area contributed by atoms with E-state index in [0.717, 1.165) is 30.8 Å². The zero-order valence-corrected chi connectivity index (χ0v) is 21.2. The summed E-state index contributed by atoms with van der Waals surface area (Å²) in [4.78, 5) is 0. The van der Waals surface area contributed by atoms with Crippen LogP contribution in [-0.4, -0.2) is 13.8 Å². The fourth-order valence-electron chi connectivity index (χ4n) is 4.05. The van der Waals surface area contributed by atoms with Crippen molar-refractivity contribution >= 4 is 8.81 Å². The molecule has 0 radical (unpaired) electrons. The number of hydrogen-bond donors (Lipinski definition) is 0. The topological polar surface area (TPSA) is 18.5 Å². The molecule has 166 valence electrons. The molecule has 2 aromatic rings. The van der Waals surface area contributed by atoms with E-state index in [9.17, 15) is 0 Å². The van der Waals surface area contributed by atoms with Crippen molar-refractivity contribution < 1.29 is 9.26 Å². The van der Waals surface area contributed by atoms with Crippen molar-refractivity contribution in [3.05, 3.63) is 46.5 Å². The number of unbranched alkanes of at least 4 members (excludes halogenated alkanes) is 2. The minimum Gasteiger partial charge on any atom is -0.496 e. The molecular weight excluding hydrogens is 387 g/mol. The Labute approximate surface area is 186 Å². The van der Waals surface area contributed by atoms with E-state index in [1.54, 1.807) is 0 Å². The summed E-state index contributed by atoms with van der Waals surface area (Å²) in [5.41, 5.74) is 7.72. The van der Waals surface area contributed by atoms with Crippen molar-refractivity contribution in [2.45, 2.75) is 85.5 Å². The third-order valence-electron chi connectivity index (χ3n) is 5.98. The second-order valence-corrected chi connectivity index (χ2v) is 9.00. The van der Waals surface area contributed by atoms with E-state index in [4.69, 9.17) is 9.26 Å². The lowest BCUT2D eigenvalue weighted by atomic mass is 9.88. The first-order valence-electron chi connectivity index (χ1n) is 11.7. The molecule has 0 amide bonds. The molecule has 30 heavy (non-hydrogen) atoms.